The summed E-state index contributed by atoms with van der Waals surface area (Å²) in [4.78, 5) is 11.5. The molecule has 0 aromatic heterocycles. The van der Waals surface area contributed by atoms with Gasteiger partial charge in [0.25, 0.3) is 0 Å². The number of hydrogen-bond acceptors (Lipinski definition) is 2. The fourth-order valence-corrected chi connectivity index (χ4v) is 1.87. The number of carbonyl (C=O) groups is 1. The number of rotatable bonds is 7. The Balaban J connectivity index is 2.16. The van der Waals surface area contributed by atoms with Gasteiger partial charge in [0.15, 0.2) is 0 Å². The van der Waals surface area contributed by atoms with Crippen molar-refractivity contribution >= 4 is 5.91 Å². The quantitative estimate of drug-likeness (QED) is 0.674. The molecule has 3 nitrogen and oxygen atoms in total. The van der Waals surface area contributed by atoms with Crippen LogP contribution in [-0.2, 0) is 4.79 Å². The van der Waals surface area contributed by atoms with Gasteiger partial charge in [0, 0.05) is 12.5 Å². The van der Waals surface area contributed by atoms with Gasteiger partial charge in [-0.25, -0.2) is 0 Å². The fraction of sp³-hybridized carbons (Fsp3) is 0.917. The first-order chi connectivity index (χ1) is 7.13. The summed E-state index contributed by atoms with van der Waals surface area (Å²) in [6, 6.07) is 0.490. The SMILES string of the molecule is CC(C)C(CCN)CCC(=O)NC1CC1. The van der Waals surface area contributed by atoms with E-state index in [9.17, 15) is 4.79 Å². The van der Waals surface area contributed by atoms with E-state index in [0.29, 0.717) is 24.3 Å². The maximum absolute atomic E-state index is 11.5. The van der Waals surface area contributed by atoms with Gasteiger partial charge in [-0.3, -0.25) is 4.79 Å². The zero-order valence-electron chi connectivity index (χ0n) is 9.96. The lowest BCUT2D eigenvalue weighted by Crippen LogP contribution is -2.26. The molecule has 1 amide bonds. The van der Waals surface area contributed by atoms with Gasteiger partial charge < -0.3 is 11.1 Å². The number of hydrogen-bond donors (Lipinski definition) is 2. The van der Waals surface area contributed by atoms with Gasteiger partial charge in [0.05, 0.1) is 0 Å². The molecule has 0 bridgehead atoms. The molecule has 0 saturated heterocycles. The first-order valence-corrected chi connectivity index (χ1v) is 6.13. The maximum Gasteiger partial charge on any atom is 0.220 e. The number of nitrogens with one attached hydrogen (secondary N) is 1. The Labute approximate surface area is 92.8 Å². The molecule has 0 aliphatic heterocycles. The van der Waals surface area contributed by atoms with Gasteiger partial charge >= 0.3 is 0 Å². The molecular formula is C12H24N2O. The molecule has 3 heteroatoms. The predicted octanol–water partition coefficient (Wildman–Crippen LogP) is 1.67. The highest BCUT2D eigenvalue weighted by Crippen LogP contribution is 2.22. The summed E-state index contributed by atoms with van der Waals surface area (Å²) in [5.41, 5.74) is 5.56. The van der Waals surface area contributed by atoms with Crippen LogP contribution in [0.1, 0.15) is 46.0 Å². The summed E-state index contributed by atoms with van der Waals surface area (Å²) in [5.74, 6) is 1.45. The summed E-state index contributed by atoms with van der Waals surface area (Å²) in [7, 11) is 0. The van der Waals surface area contributed by atoms with Crippen molar-refractivity contribution < 1.29 is 4.79 Å². The number of carbonyl (C=O) groups excluding carboxylic acids is 1. The summed E-state index contributed by atoms with van der Waals surface area (Å²) in [6.45, 7) is 5.14. The predicted molar refractivity (Wildman–Crippen MR) is 62.4 cm³/mol. The van der Waals surface area contributed by atoms with Crippen LogP contribution in [0, 0.1) is 11.8 Å². The molecule has 3 N–H and O–H groups in total. The lowest BCUT2D eigenvalue weighted by molar-refractivity contribution is -0.121. The van der Waals surface area contributed by atoms with E-state index in [1.54, 1.807) is 0 Å². The number of amides is 1. The van der Waals surface area contributed by atoms with Crippen LogP contribution in [0.25, 0.3) is 0 Å². The van der Waals surface area contributed by atoms with E-state index in [1.165, 1.54) is 12.8 Å². The molecule has 1 saturated carbocycles. The van der Waals surface area contributed by atoms with Gasteiger partial charge in [-0.15, -0.1) is 0 Å². The van der Waals surface area contributed by atoms with Gasteiger partial charge in [-0.1, -0.05) is 13.8 Å². The molecule has 0 aromatic carbocycles. The average Bonchev–Trinajstić information content (AvgIpc) is 2.95. The normalized spacial score (nSPS) is 17.9. The standard InChI is InChI=1S/C12H24N2O/c1-9(2)10(7-8-13)3-6-12(15)14-11-4-5-11/h9-11H,3-8,13H2,1-2H3,(H,14,15). The summed E-state index contributed by atoms with van der Waals surface area (Å²) in [6.07, 6.45) is 5.02. The smallest absolute Gasteiger partial charge is 0.220 e. The third kappa shape index (κ3) is 5.17. The van der Waals surface area contributed by atoms with Gasteiger partial charge in [-0.2, -0.15) is 0 Å². The molecule has 1 unspecified atom stereocenters. The van der Waals surface area contributed by atoms with Crippen molar-refractivity contribution in [3.63, 3.8) is 0 Å². The van der Waals surface area contributed by atoms with Crippen LogP contribution < -0.4 is 11.1 Å². The van der Waals surface area contributed by atoms with Crippen LogP contribution in [0.5, 0.6) is 0 Å². The first-order valence-electron chi connectivity index (χ1n) is 6.13. The van der Waals surface area contributed by atoms with Crippen molar-refractivity contribution in [1.29, 1.82) is 0 Å². The Hall–Kier alpha value is -0.570. The highest BCUT2D eigenvalue weighted by molar-refractivity contribution is 5.76. The lowest BCUT2D eigenvalue weighted by Gasteiger charge is -2.19. The van der Waals surface area contributed by atoms with E-state index in [4.69, 9.17) is 5.73 Å². The van der Waals surface area contributed by atoms with Crippen LogP contribution in [-0.4, -0.2) is 18.5 Å². The van der Waals surface area contributed by atoms with Gasteiger partial charge in [-0.05, 0) is 44.1 Å². The highest BCUT2D eigenvalue weighted by Gasteiger charge is 2.23. The van der Waals surface area contributed by atoms with E-state index in [1.807, 2.05) is 0 Å². The summed E-state index contributed by atoms with van der Waals surface area (Å²) in [5, 5.41) is 3.02. The van der Waals surface area contributed by atoms with E-state index in [2.05, 4.69) is 19.2 Å². The van der Waals surface area contributed by atoms with Crippen molar-refractivity contribution in [2.45, 2.75) is 52.0 Å². The molecule has 0 spiro atoms. The molecule has 0 aromatic rings. The second-order valence-corrected chi connectivity index (χ2v) is 4.96. The van der Waals surface area contributed by atoms with E-state index < -0.39 is 0 Å². The second-order valence-electron chi connectivity index (χ2n) is 4.96. The van der Waals surface area contributed by atoms with Crippen molar-refractivity contribution in [3.8, 4) is 0 Å². The maximum atomic E-state index is 11.5. The molecular weight excluding hydrogens is 188 g/mol. The summed E-state index contributed by atoms with van der Waals surface area (Å²) < 4.78 is 0. The van der Waals surface area contributed by atoms with Crippen LogP contribution in [0.4, 0.5) is 0 Å². The van der Waals surface area contributed by atoms with Crippen molar-refractivity contribution in [2.75, 3.05) is 6.54 Å². The minimum absolute atomic E-state index is 0.222. The second kappa shape index (κ2) is 6.11. The van der Waals surface area contributed by atoms with Crippen molar-refractivity contribution in [3.05, 3.63) is 0 Å². The third-order valence-electron chi connectivity index (χ3n) is 3.16. The first kappa shape index (κ1) is 12.5. The molecule has 1 aliphatic carbocycles. The van der Waals surface area contributed by atoms with E-state index in [0.717, 1.165) is 19.4 Å². The fourth-order valence-electron chi connectivity index (χ4n) is 1.87. The van der Waals surface area contributed by atoms with Crippen LogP contribution in [0.2, 0.25) is 0 Å². The monoisotopic (exact) mass is 212 g/mol. The molecule has 88 valence electrons. The Morgan fingerprint density at radius 3 is 2.53 bits per heavy atom. The number of nitrogens with two attached hydrogens (primary N) is 1. The zero-order valence-corrected chi connectivity index (χ0v) is 9.96. The van der Waals surface area contributed by atoms with Gasteiger partial charge in [0.1, 0.15) is 0 Å². The Morgan fingerprint density at radius 1 is 1.40 bits per heavy atom. The third-order valence-corrected chi connectivity index (χ3v) is 3.16. The molecule has 1 atom stereocenters. The largest absolute Gasteiger partial charge is 0.353 e. The van der Waals surface area contributed by atoms with Crippen LogP contribution in [0.3, 0.4) is 0 Å². The highest BCUT2D eigenvalue weighted by atomic mass is 16.1. The molecule has 15 heavy (non-hydrogen) atoms. The molecule has 1 aliphatic rings. The molecule has 1 rings (SSSR count). The lowest BCUT2D eigenvalue weighted by atomic mass is 9.88. The Morgan fingerprint density at radius 2 is 2.07 bits per heavy atom. The van der Waals surface area contributed by atoms with Crippen LogP contribution >= 0.6 is 0 Å². The Bertz CT molecular complexity index is 200. The van der Waals surface area contributed by atoms with E-state index in [-0.39, 0.29) is 5.91 Å². The zero-order chi connectivity index (χ0) is 11.3. The van der Waals surface area contributed by atoms with Crippen molar-refractivity contribution in [1.82, 2.24) is 5.32 Å². The van der Waals surface area contributed by atoms with E-state index >= 15 is 0 Å². The topological polar surface area (TPSA) is 55.1 Å². The summed E-state index contributed by atoms with van der Waals surface area (Å²) >= 11 is 0. The average molecular weight is 212 g/mol. The molecule has 0 heterocycles. The molecule has 0 radical (unpaired) electrons. The Kier molecular flexibility index (Phi) is 5.09. The van der Waals surface area contributed by atoms with Gasteiger partial charge in [0.2, 0.25) is 5.91 Å². The minimum Gasteiger partial charge on any atom is -0.353 e. The minimum atomic E-state index is 0.222. The van der Waals surface area contributed by atoms with Crippen molar-refractivity contribution in [2.24, 2.45) is 17.6 Å². The molecule has 1 fully saturated rings. The van der Waals surface area contributed by atoms with Crippen LogP contribution in [0.15, 0.2) is 0 Å².